The van der Waals surface area contributed by atoms with Crippen LogP contribution in [0.25, 0.3) is 5.69 Å². The van der Waals surface area contributed by atoms with Crippen molar-refractivity contribution in [3.05, 3.63) is 95.6 Å². The minimum absolute atomic E-state index is 0.162. The van der Waals surface area contributed by atoms with Gasteiger partial charge in [0.25, 0.3) is 0 Å². The van der Waals surface area contributed by atoms with Gasteiger partial charge in [0, 0.05) is 49.1 Å². The van der Waals surface area contributed by atoms with Gasteiger partial charge in [0.2, 0.25) is 0 Å². The van der Waals surface area contributed by atoms with E-state index in [1.54, 1.807) is 14.2 Å². The van der Waals surface area contributed by atoms with Gasteiger partial charge < -0.3 is 29.2 Å². The Balaban J connectivity index is 1.68. The summed E-state index contributed by atoms with van der Waals surface area (Å²) in [4.78, 5) is 8.94. The maximum absolute atomic E-state index is 5.96. The van der Waals surface area contributed by atoms with Crippen LogP contribution in [0.2, 0.25) is 0 Å². The summed E-state index contributed by atoms with van der Waals surface area (Å²) in [5, 5.41) is 4.16. The number of anilines is 2. The Kier molecular flexibility index (Phi) is 6.99. The van der Waals surface area contributed by atoms with Crippen molar-refractivity contribution in [2.24, 2.45) is 0 Å². The maximum Gasteiger partial charge on any atom is 0.174 e. The molecule has 8 heteroatoms. The van der Waals surface area contributed by atoms with Crippen LogP contribution in [-0.4, -0.2) is 43.0 Å². The number of nitrogens with one attached hydrogen (secondary N) is 1. The third kappa shape index (κ3) is 4.45. The molecule has 3 heterocycles. The maximum atomic E-state index is 5.96. The first-order valence-electron chi connectivity index (χ1n) is 12.5. The molecular weight excluding hydrogens is 494 g/mol. The number of pyridine rings is 1. The van der Waals surface area contributed by atoms with Crippen LogP contribution in [0.4, 0.5) is 11.4 Å². The molecule has 38 heavy (non-hydrogen) atoms. The number of nitrogens with zero attached hydrogens (tertiary/aromatic N) is 4. The van der Waals surface area contributed by atoms with Crippen LogP contribution >= 0.6 is 12.2 Å². The fourth-order valence-corrected chi connectivity index (χ4v) is 5.64. The van der Waals surface area contributed by atoms with Crippen molar-refractivity contribution >= 4 is 28.7 Å². The van der Waals surface area contributed by atoms with Crippen molar-refractivity contribution in [3.63, 3.8) is 0 Å². The van der Waals surface area contributed by atoms with E-state index in [9.17, 15) is 0 Å². The molecule has 196 valence electrons. The lowest BCUT2D eigenvalue weighted by Crippen LogP contribution is -2.30. The lowest BCUT2D eigenvalue weighted by molar-refractivity contribution is 0.403. The average molecular weight is 528 g/mol. The van der Waals surface area contributed by atoms with Gasteiger partial charge >= 0.3 is 0 Å². The monoisotopic (exact) mass is 527 g/mol. The summed E-state index contributed by atoms with van der Waals surface area (Å²) in [6.07, 6.45) is 1.82. The molecule has 5 rings (SSSR count). The molecule has 0 aliphatic carbocycles. The minimum atomic E-state index is -0.167. The standard InChI is InChI=1S/C30H33N5O2S/c1-19-17-24(20(2)34(19)22-12-10-21(11-13-22)33(3)4)29-28(25-9-7-8-16-31-25)32-30(38)35(29)26-18-23(36-5)14-15-27(26)37-6/h7-18,28-29H,1-6H3,(H,32,38)/t28-,29-/m0/s1. The summed E-state index contributed by atoms with van der Waals surface area (Å²) < 4.78 is 13.6. The summed E-state index contributed by atoms with van der Waals surface area (Å²) in [5.41, 5.74) is 7.48. The van der Waals surface area contributed by atoms with Crippen LogP contribution in [0.15, 0.2) is 72.9 Å². The predicted molar refractivity (Wildman–Crippen MR) is 157 cm³/mol. The van der Waals surface area contributed by atoms with Crippen LogP contribution in [0.5, 0.6) is 11.5 Å². The van der Waals surface area contributed by atoms with Gasteiger partial charge in [-0.05, 0) is 86.2 Å². The lowest BCUT2D eigenvalue weighted by atomic mass is 9.96. The van der Waals surface area contributed by atoms with E-state index in [1.165, 1.54) is 0 Å². The Morgan fingerprint density at radius 2 is 1.71 bits per heavy atom. The number of hydrogen-bond donors (Lipinski definition) is 1. The molecule has 1 aliphatic heterocycles. The smallest absolute Gasteiger partial charge is 0.174 e. The molecule has 2 aromatic heterocycles. The molecule has 0 radical (unpaired) electrons. The second kappa shape index (κ2) is 10.4. The van der Waals surface area contributed by atoms with Crippen molar-refractivity contribution in [1.82, 2.24) is 14.9 Å². The molecule has 1 aliphatic rings. The van der Waals surface area contributed by atoms with Gasteiger partial charge in [0.15, 0.2) is 5.11 Å². The highest BCUT2D eigenvalue weighted by Gasteiger charge is 2.43. The van der Waals surface area contributed by atoms with Gasteiger partial charge in [-0.3, -0.25) is 4.98 Å². The van der Waals surface area contributed by atoms with Gasteiger partial charge in [0.1, 0.15) is 11.5 Å². The molecule has 7 nitrogen and oxygen atoms in total. The second-order valence-electron chi connectivity index (χ2n) is 9.61. The number of thiocarbonyl (C=S) groups is 1. The third-order valence-corrected chi connectivity index (χ3v) is 7.47. The Morgan fingerprint density at radius 1 is 0.947 bits per heavy atom. The Morgan fingerprint density at radius 3 is 2.34 bits per heavy atom. The van der Waals surface area contributed by atoms with Crippen LogP contribution in [0, 0.1) is 13.8 Å². The average Bonchev–Trinajstić information content (AvgIpc) is 3.43. The molecule has 0 bridgehead atoms. The molecule has 2 atom stereocenters. The first kappa shape index (κ1) is 25.6. The molecule has 2 aromatic carbocycles. The molecule has 0 unspecified atom stereocenters. The van der Waals surface area contributed by atoms with E-state index in [2.05, 4.69) is 78.0 Å². The first-order chi connectivity index (χ1) is 18.3. The van der Waals surface area contributed by atoms with Crippen molar-refractivity contribution < 1.29 is 9.47 Å². The van der Waals surface area contributed by atoms with Crippen molar-refractivity contribution in [2.45, 2.75) is 25.9 Å². The molecule has 0 saturated carbocycles. The van der Waals surface area contributed by atoms with Gasteiger partial charge in [-0.25, -0.2) is 0 Å². The third-order valence-electron chi connectivity index (χ3n) is 7.16. The number of ether oxygens (including phenoxy) is 2. The first-order valence-corrected chi connectivity index (χ1v) is 12.9. The summed E-state index contributed by atoms with van der Waals surface area (Å²) in [6, 6.07) is 22.3. The quantitative estimate of drug-likeness (QED) is 0.307. The Bertz CT molecular complexity index is 1450. The van der Waals surface area contributed by atoms with E-state index in [-0.39, 0.29) is 12.1 Å². The van der Waals surface area contributed by atoms with Crippen molar-refractivity contribution in [3.8, 4) is 17.2 Å². The normalized spacial score (nSPS) is 16.9. The van der Waals surface area contributed by atoms with Gasteiger partial charge in [-0.1, -0.05) is 6.07 Å². The summed E-state index contributed by atoms with van der Waals surface area (Å²) in [5.74, 6) is 1.45. The number of hydrogen-bond acceptors (Lipinski definition) is 5. The Hall–Kier alpha value is -4.04. The highest BCUT2D eigenvalue weighted by Crippen LogP contribution is 2.47. The topological polar surface area (TPSA) is 54.8 Å². The number of aromatic nitrogens is 2. The fourth-order valence-electron chi connectivity index (χ4n) is 5.30. The fraction of sp³-hybridized carbons (Fsp3) is 0.267. The highest BCUT2D eigenvalue weighted by atomic mass is 32.1. The molecule has 4 aromatic rings. The predicted octanol–water partition coefficient (Wildman–Crippen LogP) is 5.75. The van der Waals surface area contributed by atoms with Crippen LogP contribution < -0.4 is 24.6 Å². The molecule has 1 fully saturated rings. The zero-order valence-electron chi connectivity index (χ0n) is 22.6. The van der Waals surface area contributed by atoms with Gasteiger partial charge in [-0.2, -0.15) is 0 Å². The SMILES string of the molecule is COc1ccc(OC)c(N2C(=S)N[C@@H](c3ccccn3)[C@@H]2c2cc(C)n(-c3ccc(N(C)C)cc3)c2C)c1. The number of aryl methyl sites for hydroxylation is 1. The summed E-state index contributed by atoms with van der Waals surface area (Å²) >= 11 is 5.96. The number of methoxy groups -OCH3 is 2. The van der Waals surface area contributed by atoms with Gasteiger partial charge in [0.05, 0.1) is 37.7 Å². The van der Waals surface area contributed by atoms with Gasteiger partial charge in [-0.15, -0.1) is 0 Å². The highest BCUT2D eigenvalue weighted by molar-refractivity contribution is 7.80. The van der Waals surface area contributed by atoms with Crippen molar-refractivity contribution in [2.75, 3.05) is 38.1 Å². The second-order valence-corrected chi connectivity index (χ2v) is 9.99. The minimum Gasteiger partial charge on any atom is -0.497 e. The molecular formula is C30H33N5O2S. The molecule has 1 N–H and O–H groups in total. The van der Waals surface area contributed by atoms with Crippen LogP contribution in [-0.2, 0) is 0 Å². The van der Waals surface area contributed by atoms with E-state index in [4.69, 9.17) is 26.7 Å². The van der Waals surface area contributed by atoms with Crippen LogP contribution in [0.1, 0.15) is 34.7 Å². The van der Waals surface area contributed by atoms with E-state index in [0.717, 1.165) is 51.2 Å². The lowest BCUT2D eigenvalue weighted by Gasteiger charge is -2.29. The number of rotatable bonds is 7. The van der Waals surface area contributed by atoms with E-state index >= 15 is 0 Å². The molecule has 1 saturated heterocycles. The summed E-state index contributed by atoms with van der Waals surface area (Å²) in [6.45, 7) is 4.31. The Labute approximate surface area is 229 Å². The van der Waals surface area contributed by atoms with E-state index in [0.29, 0.717) is 5.11 Å². The van der Waals surface area contributed by atoms with Crippen molar-refractivity contribution in [1.29, 1.82) is 0 Å². The molecule has 0 spiro atoms. The summed E-state index contributed by atoms with van der Waals surface area (Å²) in [7, 11) is 7.44. The zero-order valence-corrected chi connectivity index (χ0v) is 23.4. The van der Waals surface area contributed by atoms with E-state index < -0.39 is 0 Å². The largest absolute Gasteiger partial charge is 0.497 e. The number of benzene rings is 2. The van der Waals surface area contributed by atoms with E-state index in [1.807, 2.05) is 42.6 Å². The zero-order chi connectivity index (χ0) is 27.0. The molecule has 0 amide bonds. The van der Waals surface area contributed by atoms with Crippen LogP contribution in [0.3, 0.4) is 0 Å².